The summed E-state index contributed by atoms with van der Waals surface area (Å²) in [5, 5.41) is 16.9. The summed E-state index contributed by atoms with van der Waals surface area (Å²) in [7, 11) is -2.80. The van der Waals surface area contributed by atoms with Crippen molar-refractivity contribution in [3.05, 3.63) is 96.7 Å². The Labute approximate surface area is 287 Å². The number of nitrogens with zero attached hydrogens (tertiary/aromatic N) is 2. The van der Waals surface area contributed by atoms with Gasteiger partial charge in [0.05, 0.1) is 28.4 Å². The van der Waals surface area contributed by atoms with Crippen LogP contribution in [-0.4, -0.2) is 53.2 Å². The van der Waals surface area contributed by atoms with Crippen molar-refractivity contribution in [3.63, 3.8) is 0 Å². The van der Waals surface area contributed by atoms with Crippen molar-refractivity contribution in [1.82, 2.24) is 24.8 Å². The smallest absolute Gasteiger partial charge is 0.349 e. The summed E-state index contributed by atoms with van der Waals surface area (Å²) in [5.74, 6) is 0.428. The standard InChI is InChI=1S/C31H29Cl2F2N5O8S/c1-46-19-6-2-16(3-7-19)15-47-23-9-8-20(14-24(23)49(44,45)39-31(10-11-31)29(42)36-17-4-5-17)48-26-21(32)12-18(13-22(26)33)40-30(43)37-28(41)25(38-40)27(34)35/h2-3,6-9,12-14,17,27,29,36,39,42H,4-5,10-11,15H2,1H3,(H,37,41,43). The van der Waals surface area contributed by atoms with Crippen molar-refractivity contribution in [1.29, 1.82) is 0 Å². The summed E-state index contributed by atoms with van der Waals surface area (Å²) >= 11 is 12.9. The second kappa shape index (κ2) is 13.7. The normalized spacial score (nSPS) is 16.0. The first-order valence-electron chi connectivity index (χ1n) is 14.9. The van der Waals surface area contributed by atoms with Gasteiger partial charge in [0, 0.05) is 12.1 Å². The topological polar surface area (TPSA) is 174 Å². The van der Waals surface area contributed by atoms with Gasteiger partial charge in [-0.2, -0.15) is 9.78 Å². The number of hydrogen-bond donors (Lipinski definition) is 4. The number of aromatic nitrogens is 3. The van der Waals surface area contributed by atoms with Crippen LogP contribution in [0.4, 0.5) is 8.78 Å². The number of benzene rings is 3. The molecule has 49 heavy (non-hydrogen) atoms. The van der Waals surface area contributed by atoms with Crippen LogP contribution in [0.3, 0.4) is 0 Å². The van der Waals surface area contributed by atoms with E-state index in [9.17, 15) is 31.9 Å². The molecule has 4 aromatic rings. The number of nitrogens with one attached hydrogen (secondary N) is 3. The Morgan fingerprint density at radius 2 is 1.71 bits per heavy atom. The second-order valence-electron chi connectivity index (χ2n) is 11.5. The maximum atomic E-state index is 13.9. The number of H-pyrrole nitrogens is 1. The highest BCUT2D eigenvalue weighted by molar-refractivity contribution is 7.89. The number of methoxy groups -OCH3 is 1. The van der Waals surface area contributed by atoms with Gasteiger partial charge in [-0.25, -0.2) is 26.7 Å². The molecule has 1 heterocycles. The third kappa shape index (κ3) is 7.74. The third-order valence-corrected chi connectivity index (χ3v) is 10.0. The van der Waals surface area contributed by atoms with E-state index < -0.39 is 45.2 Å². The minimum Gasteiger partial charge on any atom is -0.497 e. The van der Waals surface area contributed by atoms with E-state index in [1.807, 2.05) is 0 Å². The highest BCUT2D eigenvalue weighted by atomic mass is 35.5. The van der Waals surface area contributed by atoms with Crippen LogP contribution in [0.2, 0.25) is 10.0 Å². The van der Waals surface area contributed by atoms with Crippen LogP contribution >= 0.6 is 23.2 Å². The minimum absolute atomic E-state index is 0.00820. The summed E-state index contributed by atoms with van der Waals surface area (Å²) in [4.78, 5) is 25.5. The summed E-state index contributed by atoms with van der Waals surface area (Å²) in [6.07, 6.45) is -1.76. The first kappa shape index (κ1) is 34.8. The molecule has 0 amide bonds. The third-order valence-electron chi connectivity index (χ3n) is 7.89. The molecule has 0 aliphatic heterocycles. The van der Waals surface area contributed by atoms with Crippen LogP contribution in [-0.2, 0) is 16.6 Å². The number of sulfonamides is 1. The van der Waals surface area contributed by atoms with Gasteiger partial charge in [-0.15, -0.1) is 0 Å². The molecule has 2 fully saturated rings. The molecule has 0 bridgehead atoms. The number of aliphatic hydroxyl groups is 1. The van der Waals surface area contributed by atoms with Crippen molar-refractivity contribution in [2.75, 3.05) is 7.11 Å². The van der Waals surface area contributed by atoms with E-state index in [2.05, 4.69) is 15.1 Å². The quantitative estimate of drug-likeness (QED) is 0.136. The van der Waals surface area contributed by atoms with E-state index >= 15 is 0 Å². The van der Waals surface area contributed by atoms with Gasteiger partial charge in [0.2, 0.25) is 10.0 Å². The molecular formula is C31H29Cl2F2N5O8S. The summed E-state index contributed by atoms with van der Waals surface area (Å²) < 4.78 is 74.5. The molecule has 1 unspecified atom stereocenters. The molecule has 1 atom stereocenters. The molecule has 0 radical (unpaired) electrons. The zero-order chi connectivity index (χ0) is 35.1. The molecular weight excluding hydrogens is 711 g/mol. The molecule has 2 aliphatic rings. The van der Waals surface area contributed by atoms with Gasteiger partial charge in [-0.05, 0) is 67.6 Å². The van der Waals surface area contributed by atoms with Crippen LogP contribution in [0.15, 0.2) is 69.1 Å². The van der Waals surface area contributed by atoms with E-state index in [0.717, 1.165) is 30.5 Å². The average molecular weight is 741 g/mol. The fourth-order valence-corrected chi connectivity index (χ4v) is 7.08. The largest absolute Gasteiger partial charge is 0.497 e. The van der Waals surface area contributed by atoms with E-state index in [4.69, 9.17) is 37.4 Å². The molecule has 4 N–H and O–H groups in total. The van der Waals surface area contributed by atoms with Crippen LogP contribution in [0.1, 0.15) is 43.4 Å². The SMILES string of the molecule is COc1ccc(COc2ccc(Oc3c(Cl)cc(-n4nc(C(F)F)c(=O)[nH]c4=O)cc3Cl)cc2S(=O)(=O)NC2(C(O)NC3CC3)CC2)cc1. The maximum absolute atomic E-state index is 13.9. The number of halogens is 4. The maximum Gasteiger partial charge on any atom is 0.349 e. The lowest BCUT2D eigenvalue weighted by Crippen LogP contribution is -2.52. The Hall–Kier alpha value is -4.06. The van der Waals surface area contributed by atoms with Crippen molar-refractivity contribution < 1.29 is 36.5 Å². The van der Waals surface area contributed by atoms with Crippen LogP contribution in [0.25, 0.3) is 5.69 Å². The molecule has 2 aliphatic carbocycles. The molecule has 2 saturated carbocycles. The van der Waals surface area contributed by atoms with E-state index in [-0.39, 0.29) is 50.5 Å². The van der Waals surface area contributed by atoms with Crippen molar-refractivity contribution in [2.24, 2.45) is 0 Å². The number of aliphatic hydroxyl groups excluding tert-OH is 1. The summed E-state index contributed by atoms with van der Waals surface area (Å²) in [6, 6.07) is 13.4. The molecule has 3 aromatic carbocycles. The van der Waals surface area contributed by atoms with Crippen molar-refractivity contribution in [2.45, 2.75) is 61.4 Å². The van der Waals surface area contributed by atoms with Crippen LogP contribution in [0.5, 0.6) is 23.0 Å². The van der Waals surface area contributed by atoms with E-state index in [1.54, 1.807) is 29.2 Å². The van der Waals surface area contributed by atoms with Crippen LogP contribution < -0.4 is 35.5 Å². The lowest BCUT2D eigenvalue weighted by Gasteiger charge is -2.25. The number of rotatable bonds is 14. The van der Waals surface area contributed by atoms with Gasteiger partial charge in [-0.1, -0.05) is 35.3 Å². The fraction of sp³-hybridized carbons (Fsp3) is 0.323. The zero-order valence-electron chi connectivity index (χ0n) is 25.6. The number of alkyl halides is 2. The molecule has 0 spiro atoms. The first-order chi connectivity index (χ1) is 23.3. The minimum atomic E-state index is -4.34. The predicted octanol–water partition coefficient (Wildman–Crippen LogP) is 4.43. The second-order valence-corrected chi connectivity index (χ2v) is 14.0. The monoisotopic (exact) mass is 739 g/mol. The average Bonchev–Trinajstić information content (AvgIpc) is 4.00. The van der Waals surface area contributed by atoms with Gasteiger partial charge in [0.15, 0.2) is 11.4 Å². The lowest BCUT2D eigenvalue weighted by atomic mass is 10.2. The van der Waals surface area contributed by atoms with Gasteiger partial charge >= 0.3 is 5.69 Å². The summed E-state index contributed by atoms with van der Waals surface area (Å²) in [6.45, 7) is 0.00820. The van der Waals surface area contributed by atoms with Crippen molar-refractivity contribution >= 4 is 33.2 Å². The van der Waals surface area contributed by atoms with Gasteiger partial charge in [-0.3, -0.25) is 15.1 Å². The molecule has 0 saturated heterocycles. The van der Waals surface area contributed by atoms with Gasteiger partial charge in [0.25, 0.3) is 12.0 Å². The number of hydrogen-bond acceptors (Lipinski definition) is 10. The highest BCUT2D eigenvalue weighted by Crippen LogP contribution is 2.43. The molecule has 13 nitrogen and oxygen atoms in total. The molecule has 18 heteroatoms. The van der Waals surface area contributed by atoms with E-state index in [1.165, 1.54) is 25.3 Å². The number of ether oxygens (including phenoxy) is 3. The zero-order valence-corrected chi connectivity index (χ0v) is 27.9. The Bertz CT molecular complexity index is 2080. The Balaban J connectivity index is 1.31. The first-order valence-corrected chi connectivity index (χ1v) is 17.1. The number of aromatic amines is 1. The predicted molar refractivity (Wildman–Crippen MR) is 174 cm³/mol. The molecule has 260 valence electrons. The van der Waals surface area contributed by atoms with Gasteiger partial charge < -0.3 is 19.3 Å². The Morgan fingerprint density at radius 3 is 2.31 bits per heavy atom. The highest BCUT2D eigenvalue weighted by Gasteiger charge is 2.53. The lowest BCUT2D eigenvalue weighted by molar-refractivity contribution is 0.0901. The van der Waals surface area contributed by atoms with Gasteiger partial charge in [0.1, 0.15) is 35.0 Å². The molecule has 1 aromatic heterocycles. The molecule has 6 rings (SSSR count). The summed E-state index contributed by atoms with van der Waals surface area (Å²) in [5.41, 5.74) is -4.18. The Morgan fingerprint density at radius 1 is 1.06 bits per heavy atom. The van der Waals surface area contributed by atoms with Crippen molar-refractivity contribution in [3.8, 4) is 28.7 Å². The van der Waals surface area contributed by atoms with E-state index in [0.29, 0.717) is 23.3 Å². The van der Waals surface area contributed by atoms with Crippen LogP contribution in [0, 0.1) is 0 Å². The fourth-order valence-electron chi connectivity index (χ4n) is 4.90. The Kier molecular flexibility index (Phi) is 9.72.